The van der Waals surface area contributed by atoms with E-state index in [1.165, 1.54) is 0 Å². The first kappa shape index (κ1) is 17.5. The summed E-state index contributed by atoms with van der Waals surface area (Å²) >= 11 is 0. The van der Waals surface area contributed by atoms with Gasteiger partial charge in [0.2, 0.25) is 10.0 Å². The third kappa shape index (κ3) is 3.86. The zero-order valence-corrected chi connectivity index (χ0v) is 14.5. The van der Waals surface area contributed by atoms with Gasteiger partial charge in [0, 0.05) is 26.0 Å². The molecule has 0 amide bonds. The SMILES string of the molecule is CN1OCC(S(=O)(=O)NCc2ccncc2)C1c1ccc(C#N)cc1. The summed E-state index contributed by atoms with van der Waals surface area (Å²) in [6.07, 6.45) is 3.24. The molecule has 1 aromatic carbocycles. The van der Waals surface area contributed by atoms with Gasteiger partial charge in [0.15, 0.2) is 0 Å². The molecule has 1 aromatic heterocycles. The van der Waals surface area contributed by atoms with Crippen molar-refractivity contribution < 1.29 is 13.3 Å². The average molecular weight is 358 g/mol. The van der Waals surface area contributed by atoms with Crippen LogP contribution < -0.4 is 4.72 Å². The Kier molecular flexibility index (Phi) is 5.11. The third-order valence-electron chi connectivity index (χ3n) is 4.19. The quantitative estimate of drug-likeness (QED) is 0.867. The van der Waals surface area contributed by atoms with E-state index in [4.69, 9.17) is 10.1 Å². The van der Waals surface area contributed by atoms with E-state index in [0.717, 1.165) is 11.1 Å². The molecule has 25 heavy (non-hydrogen) atoms. The van der Waals surface area contributed by atoms with Crippen molar-refractivity contribution >= 4 is 10.0 Å². The molecule has 2 heterocycles. The van der Waals surface area contributed by atoms with Crippen LogP contribution in [0.3, 0.4) is 0 Å². The molecule has 1 saturated heterocycles. The topological polar surface area (TPSA) is 95.3 Å². The fourth-order valence-corrected chi connectivity index (χ4v) is 4.32. The van der Waals surface area contributed by atoms with Crippen LogP contribution >= 0.6 is 0 Å². The van der Waals surface area contributed by atoms with Gasteiger partial charge in [-0.05, 0) is 35.4 Å². The van der Waals surface area contributed by atoms with E-state index in [2.05, 4.69) is 15.8 Å². The van der Waals surface area contributed by atoms with Gasteiger partial charge in [-0.25, -0.2) is 13.1 Å². The number of hydrogen-bond donors (Lipinski definition) is 1. The van der Waals surface area contributed by atoms with Crippen molar-refractivity contribution in [2.45, 2.75) is 17.8 Å². The highest BCUT2D eigenvalue weighted by Crippen LogP contribution is 2.33. The largest absolute Gasteiger partial charge is 0.297 e. The number of hydroxylamine groups is 2. The lowest BCUT2D eigenvalue weighted by atomic mass is 10.0. The normalized spacial score (nSPS) is 21.1. The molecule has 1 aliphatic rings. The predicted molar refractivity (Wildman–Crippen MR) is 91.4 cm³/mol. The van der Waals surface area contributed by atoms with Gasteiger partial charge in [0.05, 0.1) is 24.3 Å². The van der Waals surface area contributed by atoms with Crippen LogP contribution in [-0.2, 0) is 21.4 Å². The average Bonchev–Trinajstić information content (AvgIpc) is 3.03. The fourth-order valence-electron chi connectivity index (χ4n) is 2.83. The number of nitriles is 1. The van der Waals surface area contributed by atoms with E-state index in [0.29, 0.717) is 5.56 Å². The molecule has 0 aliphatic carbocycles. The summed E-state index contributed by atoms with van der Waals surface area (Å²) in [5, 5.41) is 9.72. The van der Waals surface area contributed by atoms with Crippen molar-refractivity contribution in [3.8, 4) is 6.07 Å². The molecule has 0 saturated carbocycles. The Morgan fingerprint density at radius 3 is 2.60 bits per heavy atom. The maximum Gasteiger partial charge on any atom is 0.219 e. The van der Waals surface area contributed by atoms with Gasteiger partial charge in [-0.1, -0.05) is 12.1 Å². The van der Waals surface area contributed by atoms with E-state index in [1.807, 2.05) is 0 Å². The molecule has 0 spiro atoms. The highest BCUT2D eigenvalue weighted by molar-refractivity contribution is 7.90. The Balaban J connectivity index is 1.80. The van der Waals surface area contributed by atoms with Gasteiger partial charge in [0.1, 0.15) is 5.25 Å². The van der Waals surface area contributed by atoms with Gasteiger partial charge in [-0.2, -0.15) is 10.3 Å². The number of nitrogens with one attached hydrogen (secondary N) is 1. The van der Waals surface area contributed by atoms with Gasteiger partial charge in [0.25, 0.3) is 0 Å². The van der Waals surface area contributed by atoms with Crippen molar-refractivity contribution in [2.75, 3.05) is 13.7 Å². The summed E-state index contributed by atoms with van der Waals surface area (Å²) in [5.74, 6) is 0. The molecule has 2 aromatic rings. The lowest BCUT2D eigenvalue weighted by Crippen LogP contribution is -2.39. The maximum atomic E-state index is 12.8. The Hall–Kier alpha value is -2.31. The minimum absolute atomic E-state index is 0.0762. The Morgan fingerprint density at radius 2 is 1.96 bits per heavy atom. The maximum absolute atomic E-state index is 12.8. The van der Waals surface area contributed by atoms with Crippen LogP contribution in [0.5, 0.6) is 0 Å². The van der Waals surface area contributed by atoms with Gasteiger partial charge in [-0.3, -0.25) is 9.82 Å². The zero-order chi connectivity index (χ0) is 17.9. The molecule has 2 atom stereocenters. The van der Waals surface area contributed by atoms with Crippen LogP contribution in [0.1, 0.15) is 22.7 Å². The van der Waals surface area contributed by atoms with E-state index in [1.54, 1.807) is 60.9 Å². The second-order valence-corrected chi connectivity index (χ2v) is 7.76. The lowest BCUT2D eigenvalue weighted by molar-refractivity contribution is -0.110. The Morgan fingerprint density at radius 1 is 1.28 bits per heavy atom. The second kappa shape index (κ2) is 7.29. The van der Waals surface area contributed by atoms with Crippen molar-refractivity contribution in [3.63, 3.8) is 0 Å². The summed E-state index contributed by atoms with van der Waals surface area (Å²) in [4.78, 5) is 9.38. The van der Waals surface area contributed by atoms with Gasteiger partial charge < -0.3 is 0 Å². The van der Waals surface area contributed by atoms with Crippen LogP contribution in [0, 0.1) is 11.3 Å². The summed E-state index contributed by atoms with van der Waals surface area (Å²) in [6, 6.07) is 12.0. The standard InChI is InChI=1S/C17H18N4O3S/c1-21-17(15-4-2-13(10-18)3-5-15)16(12-24-21)25(22,23)20-11-14-6-8-19-9-7-14/h2-9,16-17,20H,11-12H2,1H3. The molecule has 3 rings (SSSR count). The van der Waals surface area contributed by atoms with Crippen LogP contribution in [-0.4, -0.2) is 37.4 Å². The second-order valence-electron chi connectivity index (χ2n) is 5.78. The first-order valence-electron chi connectivity index (χ1n) is 7.74. The molecule has 1 aliphatic heterocycles. The van der Waals surface area contributed by atoms with E-state index in [9.17, 15) is 8.42 Å². The first-order valence-corrected chi connectivity index (χ1v) is 9.29. The van der Waals surface area contributed by atoms with Crippen LogP contribution in [0.2, 0.25) is 0 Å². The van der Waals surface area contributed by atoms with Crippen molar-refractivity contribution in [2.24, 2.45) is 0 Å². The number of sulfonamides is 1. The Bertz CT molecular complexity index is 863. The third-order valence-corrected chi connectivity index (χ3v) is 5.93. The van der Waals surface area contributed by atoms with Crippen molar-refractivity contribution in [1.82, 2.24) is 14.8 Å². The molecule has 7 nitrogen and oxygen atoms in total. The molecule has 1 N–H and O–H groups in total. The highest BCUT2D eigenvalue weighted by atomic mass is 32.2. The summed E-state index contributed by atoms with van der Waals surface area (Å²) in [5.41, 5.74) is 2.15. The number of benzene rings is 1. The Labute approximate surface area is 146 Å². The molecular weight excluding hydrogens is 340 g/mol. The van der Waals surface area contributed by atoms with Crippen molar-refractivity contribution in [3.05, 3.63) is 65.5 Å². The molecule has 0 radical (unpaired) electrons. The minimum atomic E-state index is -3.61. The number of hydrogen-bond acceptors (Lipinski definition) is 6. The number of aromatic nitrogens is 1. The van der Waals surface area contributed by atoms with Gasteiger partial charge in [-0.15, -0.1) is 0 Å². The van der Waals surface area contributed by atoms with Crippen LogP contribution in [0.4, 0.5) is 0 Å². The van der Waals surface area contributed by atoms with E-state index in [-0.39, 0.29) is 13.2 Å². The molecule has 0 bridgehead atoms. The molecule has 8 heteroatoms. The summed E-state index contributed by atoms with van der Waals surface area (Å²) in [6.45, 7) is 0.276. The highest BCUT2D eigenvalue weighted by Gasteiger charge is 2.43. The zero-order valence-electron chi connectivity index (χ0n) is 13.7. The molecule has 130 valence electrons. The number of rotatable bonds is 5. The molecular formula is C17H18N4O3S. The van der Waals surface area contributed by atoms with Crippen LogP contribution in [0.15, 0.2) is 48.8 Å². The fraction of sp³-hybridized carbons (Fsp3) is 0.294. The summed E-state index contributed by atoms with van der Waals surface area (Å²) in [7, 11) is -1.90. The predicted octanol–water partition coefficient (Wildman–Crippen LogP) is 1.36. The smallest absolute Gasteiger partial charge is 0.219 e. The van der Waals surface area contributed by atoms with Crippen LogP contribution in [0.25, 0.3) is 0 Å². The minimum Gasteiger partial charge on any atom is -0.297 e. The monoisotopic (exact) mass is 358 g/mol. The summed E-state index contributed by atoms with van der Waals surface area (Å²) < 4.78 is 28.2. The molecule has 2 unspecified atom stereocenters. The van der Waals surface area contributed by atoms with E-state index < -0.39 is 21.3 Å². The molecule has 1 fully saturated rings. The number of nitrogens with zero attached hydrogens (tertiary/aromatic N) is 3. The van der Waals surface area contributed by atoms with Gasteiger partial charge >= 0.3 is 0 Å². The number of pyridine rings is 1. The lowest BCUT2D eigenvalue weighted by Gasteiger charge is -2.23. The van der Waals surface area contributed by atoms with Crippen molar-refractivity contribution in [1.29, 1.82) is 5.26 Å². The van der Waals surface area contributed by atoms with E-state index >= 15 is 0 Å². The first-order chi connectivity index (χ1) is 12.0.